The van der Waals surface area contributed by atoms with E-state index in [0.29, 0.717) is 5.54 Å². The van der Waals surface area contributed by atoms with Crippen molar-refractivity contribution in [2.24, 2.45) is 0 Å². The number of benzene rings is 1. The zero-order chi connectivity index (χ0) is 17.0. The molecule has 25 heavy (non-hydrogen) atoms. The van der Waals surface area contributed by atoms with Crippen LogP contribution in [-0.2, 0) is 6.54 Å². The van der Waals surface area contributed by atoms with E-state index in [0.717, 1.165) is 19.6 Å². The zero-order valence-electron chi connectivity index (χ0n) is 15.3. The average molecular weight is 338 g/mol. The fraction of sp³-hybridized carbons (Fsp3) is 0.545. The molecule has 1 aliphatic heterocycles. The number of rotatable bonds is 7. The molecule has 3 aliphatic rings. The van der Waals surface area contributed by atoms with Crippen molar-refractivity contribution >= 4 is 0 Å². The lowest BCUT2D eigenvalue weighted by Crippen LogP contribution is -2.54. The predicted molar refractivity (Wildman–Crippen MR) is 105 cm³/mol. The molecule has 1 aromatic carbocycles. The largest absolute Gasteiger partial charge is 0.311 e. The molecule has 134 valence electrons. The molecule has 0 amide bonds. The van der Waals surface area contributed by atoms with Gasteiger partial charge in [-0.3, -0.25) is 9.80 Å². The summed E-state index contributed by atoms with van der Waals surface area (Å²) in [5, 5.41) is 3.71. The second kappa shape index (κ2) is 7.86. The van der Waals surface area contributed by atoms with Gasteiger partial charge in [0.05, 0.1) is 0 Å². The van der Waals surface area contributed by atoms with Crippen LogP contribution in [0.3, 0.4) is 0 Å². The molecule has 3 heteroatoms. The van der Waals surface area contributed by atoms with Gasteiger partial charge in [-0.2, -0.15) is 0 Å². The highest BCUT2D eigenvalue weighted by molar-refractivity contribution is 5.23. The van der Waals surface area contributed by atoms with E-state index in [9.17, 15) is 0 Å². The Kier molecular flexibility index (Phi) is 5.35. The SMILES string of the molecule is C1=CC(CN2CCN(C3(CNCc4ccccc4)CC3)CC2)=CCC1. The Morgan fingerprint density at radius 2 is 1.76 bits per heavy atom. The summed E-state index contributed by atoms with van der Waals surface area (Å²) in [6.07, 6.45) is 12.2. The maximum Gasteiger partial charge on any atom is 0.0336 e. The molecule has 4 rings (SSSR count). The summed E-state index contributed by atoms with van der Waals surface area (Å²) in [5.74, 6) is 0. The van der Waals surface area contributed by atoms with Crippen molar-refractivity contribution in [1.82, 2.24) is 15.1 Å². The minimum Gasteiger partial charge on any atom is -0.311 e. The van der Waals surface area contributed by atoms with Gasteiger partial charge in [-0.25, -0.2) is 0 Å². The van der Waals surface area contributed by atoms with Gasteiger partial charge < -0.3 is 5.32 Å². The molecule has 0 aromatic heterocycles. The molecule has 0 unspecified atom stereocenters. The van der Waals surface area contributed by atoms with Crippen molar-refractivity contribution in [2.75, 3.05) is 39.3 Å². The van der Waals surface area contributed by atoms with E-state index in [1.807, 2.05) is 0 Å². The highest BCUT2D eigenvalue weighted by Crippen LogP contribution is 2.41. The van der Waals surface area contributed by atoms with Gasteiger partial charge in [-0.1, -0.05) is 48.6 Å². The van der Waals surface area contributed by atoms with Crippen LogP contribution in [0.2, 0.25) is 0 Å². The van der Waals surface area contributed by atoms with E-state index in [1.165, 1.54) is 63.0 Å². The Morgan fingerprint density at radius 3 is 2.44 bits per heavy atom. The molecule has 2 fully saturated rings. The first kappa shape index (κ1) is 17.0. The van der Waals surface area contributed by atoms with Crippen LogP contribution in [-0.4, -0.2) is 54.6 Å². The van der Waals surface area contributed by atoms with Crippen molar-refractivity contribution in [3.8, 4) is 0 Å². The van der Waals surface area contributed by atoms with Crippen LogP contribution < -0.4 is 5.32 Å². The standard InChI is InChI=1S/C22H31N3/c1-3-7-20(8-4-1)17-23-19-22(11-12-22)25-15-13-24(14-16-25)18-21-9-5-2-6-10-21/h1,3-5,7-10,23H,2,6,11-19H2. The highest BCUT2D eigenvalue weighted by atomic mass is 15.3. The predicted octanol–water partition coefficient (Wildman–Crippen LogP) is 3.20. The third-order valence-corrected chi connectivity index (χ3v) is 5.97. The van der Waals surface area contributed by atoms with Gasteiger partial charge in [0.1, 0.15) is 0 Å². The number of hydrogen-bond donors (Lipinski definition) is 1. The maximum absolute atomic E-state index is 3.71. The molecule has 1 N–H and O–H groups in total. The van der Waals surface area contributed by atoms with Gasteiger partial charge in [-0.15, -0.1) is 0 Å². The molecule has 1 saturated carbocycles. The monoisotopic (exact) mass is 337 g/mol. The third-order valence-electron chi connectivity index (χ3n) is 5.97. The second-order valence-electron chi connectivity index (χ2n) is 7.84. The normalized spacial score (nSPS) is 23.4. The molecule has 0 atom stereocenters. The lowest BCUT2D eigenvalue weighted by atomic mass is 10.1. The minimum absolute atomic E-state index is 0.449. The highest BCUT2D eigenvalue weighted by Gasteiger charge is 2.47. The van der Waals surface area contributed by atoms with Gasteiger partial charge in [0, 0.05) is 51.4 Å². The van der Waals surface area contributed by atoms with E-state index in [2.05, 4.69) is 63.7 Å². The summed E-state index contributed by atoms with van der Waals surface area (Å²) in [7, 11) is 0. The Morgan fingerprint density at radius 1 is 0.960 bits per heavy atom. The van der Waals surface area contributed by atoms with Gasteiger partial charge in [0.15, 0.2) is 0 Å². The number of piperazine rings is 1. The smallest absolute Gasteiger partial charge is 0.0336 e. The maximum atomic E-state index is 3.71. The van der Waals surface area contributed by atoms with Crippen LogP contribution in [0.15, 0.2) is 54.1 Å². The fourth-order valence-corrected chi connectivity index (χ4v) is 4.21. The van der Waals surface area contributed by atoms with E-state index >= 15 is 0 Å². The number of hydrogen-bond acceptors (Lipinski definition) is 3. The van der Waals surface area contributed by atoms with Crippen molar-refractivity contribution < 1.29 is 0 Å². The molecule has 0 radical (unpaired) electrons. The molecule has 0 bridgehead atoms. The topological polar surface area (TPSA) is 18.5 Å². The summed E-state index contributed by atoms with van der Waals surface area (Å²) in [6, 6.07) is 10.8. The van der Waals surface area contributed by atoms with Crippen LogP contribution in [0.25, 0.3) is 0 Å². The second-order valence-corrected chi connectivity index (χ2v) is 7.84. The van der Waals surface area contributed by atoms with Crippen LogP contribution in [0, 0.1) is 0 Å². The lowest BCUT2D eigenvalue weighted by Gasteiger charge is -2.40. The Hall–Kier alpha value is -1.42. The van der Waals surface area contributed by atoms with E-state index < -0.39 is 0 Å². The molecule has 2 aliphatic carbocycles. The molecular weight excluding hydrogens is 306 g/mol. The quantitative estimate of drug-likeness (QED) is 0.824. The molecule has 1 aromatic rings. The molecule has 1 heterocycles. The molecular formula is C22H31N3. The van der Waals surface area contributed by atoms with Crippen molar-refractivity contribution in [3.63, 3.8) is 0 Å². The molecule has 0 spiro atoms. The van der Waals surface area contributed by atoms with Crippen LogP contribution >= 0.6 is 0 Å². The number of allylic oxidation sites excluding steroid dienone is 2. The van der Waals surface area contributed by atoms with E-state index in [-0.39, 0.29) is 0 Å². The molecule has 3 nitrogen and oxygen atoms in total. The first-order valence-corrected chi connectivity index (χ1v) is 9.92. The minimum atomic E-state index is 0.449. The van der Waals surface area contributed by atoms with Crippen molar-refractivity contribution in [1.29, 1.82) is 0 Å². The van der Waals surface area contributed by atoms with Crippen LogP contribution in [0.1, 0.15) is 31.2 Å². The Bertz CT molecular complexity index is 607. The lowest BCUT2D eigenvalue weighted by molar-refractivity contribution is 0.0891. The van der Waals surface area contributed by atoms with Gasteiger partial charge in [0.2, 0.25) is 0 Å². The van der Waals surface area contributed by atoms with Crippen molar-refractivity contribution in [2.45, 2.75) is 37.8 Å². The van der Waals surface area contributed by atoms with E-state index in [1.54, 1.807) is 0 Å². The average Bonchev–Trinajstić information content (AvgIpc) is 3.45. The first-order chi connectivity index (χ1) is 12.3. The fourth-order valence-electron chi connectivity index (χ4n) is 4.21. The summed E-state index contributed by atoms with van der Waals surface area (Å²) in [5.41, 5.74) is 3.35. The molecule has 1 saturated heterocycles. The number of nitrogens with one attached hydrogen (secondary N) is 1. The Labute approximate surface area is 152 Å². The van der Waals surface area contributed by atoms with Crippen LogP contribution in [0.4, 0.5) is 0 Å². The number of nitrogens with zero attached hydrogens (tertiary/aromatic N) is 2. The Balaban J connectivity index is 1.22. The van der Waals surface area contributed by atoms with Crippen LogP contribution in [0.5, 0.6) is 0 Å². The van der Waals surface area contributed by atoms with Crippen molar-refractivity contribution in [3.05, 3.63) is 59.7 Å². The first-order valence-electron chi connectivity index (χ1n) is 9.92. The summed E-state index contributed by atoms with van der Waals surface area (Å²) >= 11 is 0. The third kappa shape index (κ3) is 4.41. The van der Waals surface area contributed by atoms with Gasteiger partial charge in [0.25, 0.3) is 0 Å². The van der Waals surface area contributed by atoms with Gasteiger partial charge >= 0.3 is 0 Å². The summed E-state index contributed by atoms with van der Waals surface area (Å²) in [6.45, 7) is 8.15. The summed E-state index contributed by atoms with van der Waals surface area (Å²) < 4.78 is 0. The van der Waals surface area contributed by atoms with Gasteiger partial charge in [-0.05, 0) is 36.8 Å². The summed E-state index contributed by atoms with van der Waals surface area (Å²) in [4.78, 5) is 5.39. The zero-order valence-corrected chi connectivity index (χ0v) is 15.3. The van der Waals surface area contributed by atoms with E-state index in [4.69, 9.17) is 0 Å².